The summed E-state index contributed by atoms with van der Waals surface area (Å²) in [5.74, 6) is 0.427. The van der Waals surface area contributed by atoms with Gasteiger partial charge in [-0.3, -0.25) is 15.1 Å². The maximum atomic E-state index is 11.4. The van der Waals surface area contributed by atoms with Gasteiger partial charge < -0.3 is 14.8 Å². The van der Waals surface area contributed by atoms with E-state index in [-0.39, 0.29) is 22.7 Å². The number of non-ortho nitro benzene ring substituents is 1. The van der Waals surface area contributed by atoms with Gasteiger partial charge in [0.05, 0.1) is 22.3 Å². The lowest BCUT2D eigenvalue weighted by molar-refractivity contribution is -0.384. The summed E-state index contributed by atoms with van der Waals surface area (Å²) < 4.78 is 1.98. The third-order valence-electron chi connectivity index (χ3n) is 6.34. The Labute approximate surface area is 209 Å². The van der Waals surface area contributed by atoms with Gasteiger partial charge in [-0.1, -0.05) is 38.1 Å². The molecule has 3 heterocycles. The van der Waals surface area contributed by atoms with Crippen molar-refractivity contribution in [3.63, 3.8) is 0 Å². The Balaban J connectivity index is 1.64. The van der Waals surface area contributed by atoms with Crippen molar-refractivity contribution >= 4 is 28.7 Å². The van der Waals surface area contributed by atoms with Crippen molar-refractivity contribution in [2.45, 2.75) is 31.8 Å². The monoisotopic (exact) mass is 483 g/mol. The molecule has 0 bridgehead atoms. The summed E-state index contributed by atoms with van der Waals surface area (Å²) in [5, 5.41) is 15.5. The SMILES string of the molecule is CC(C)c1ccc(N2C(=S)N[C@@H](c3ccccn3)[C@@H]2c2cccn2-c2cccc([N+](=O)[O-])c2)cc1. The Kier molecular flexibility index (Phi) is 6.05. The molecule has 0 unspecified atom stereocenters. The number of nitrogens with zero attached hydrogens (tertiary/aromatic N) is 4. The maximum absolute atomic E-state index is 11.4. The van der Waals surface area contributed by atoms with Gasteiger partial charge in [0, 0.05) is 35.9 Å². The molecule has 0 saturated carbocycles. The fourth-order valence-electron chi connectivity index (χ4n) is 4.58. The minimum atomic E-state index is -0.377. The van der Waals surface area contributed by atoms with Crippen LogP contribution in [0.1, 0.15) is 48.8 Å². The number of hydrogen-bond acceptors (Lipinski definition) is 4. The van der Waals surface area contributed by atoms with Gasteiger partial charge in [0.1, 0.15) is 6.04 Å². The van der Waals surface area contributed by atoms with Crippen LogP contribution in [0.2, 0.25) is 0 Å². The van der Waals surface area contributed by atoms with Gasteiger partial charge in [-0.05, 0) is 66.2 Å². The van der Waals surface area contributed by atoms with Gasteiger partial charge in [0.2, 0.25) is 0 Å². The molecule has 7 nitrogen and oxygen atoms in total. The van der Waals surface area contributed by atoms with E-state index in [0.29, 0.717) is 16.7 Å². The van der Waals surface area contributed by atoms with E-state index in [4.69, 9.17) is 12.2 Å². The molecule has 4 aromatic rings. The number of anilines is 1. The lowest BCUT2D eigenvalue weighted by Gasteiger charge is -2.29. The second kappa shape index (κ2) is 9.31. The van der Waals surface area contributed by atoms with Crippen LogP contribution in [0.25, 0.3) is 5.69 Å². The van der Waals surface area contributed by atoms with Gasteiger partial charge in [-0.25, -0.2) is 0 Å². The Hall–Kier alpha value is -4.04. The van der Waals surface area contributed by atoms with Crippen molar-refractivity contribution < 1.29 is 4.92 Å². The third kappa shape index (κ3) is 4.28. The van der Waals surface area contributed by atoms with E-state index in [2.05, 4.69) is 53.3 Å². The minimum absolute atomic E-state index is 0.0459. The number of nitrogens with one attached hydrogen (secondary N) is 1. The first kappa shape index (κ1) is 22.7. The predicted molar refractivity (Wildman–Crippen MR) is 141 cm³/mol. The second-order valence-corrected chi connectivity index (χ2v) is 9.21. The summed E-state index contributed by atoms with van der Waals surface area (Å²) in [5.41, 5.74) is 4.80. The maximum Gasteiger partial charge on any atom is 0.271 e. The molecule has 0 amide bonds. The molecule has 2 aromatic heterocycles. The van der Waals surface area contributed by atoms with Gasteiger partial charge in [0.25, 0.3) is 5.69 Å². The second-order valence-electron chi connectivity index (χ2n) is 8.82. The van der Waals surface area contributed by atoms with Crippen LogP contribution in [0.15, 0.2) is 91.3 Å². The van der Waals surface area contributed by atoms with Gasteiger partial charge >= 0.3 is 0 Å². The molecule has 0 spiro atoms. The van der Waals surface area contributed by atoms with Crippen molar-refractivity contribution in [1.82, 2.24) is 14.9 Å². The average Bonchev–Trinajstić information content (AvgIpc) is 3.49. The highest BCUT2D eigenvalue weighted by molar-refractivity contribution is 7.80. The highest BCUT2D eigenvalue weighted by atomic mass is 32.1. The lowest BCUT2D eigenvalue weighted by Crippen LogP contribution is -2.30. The molecule has 5 rings (SSSR count). The van der Waals surface area contributed by atoms with E-state index in [1.54, 1.807) is 18.3 Å². The molecular formula is C27H25N5O2S. The van der Waals surface area contributed by atoms with Gasteiger partial charge in [-0.2, -0.15) is 0 Å². The van der Waals surface area contributed by atoms with Crippen molar-refractivity contribution in [3.05, 3.63) is 118 Å². The molecule has 1 N–H and O–H groups in total. The number of nitro benzene ring substituents is 1. The third-order valence-corrected chi connectivity index (χ3v) is 6.65. The van der Waals surface area contributed by atoms with Gasteiger partial charge in [-0.15, -0.1) is 0 Å². The van der Waals surface area contributed by atoms with Crippen LogP contribution >= 0.6 is 12.2 Å². The minimum Gasteiger partial charge on any atom is -0.351 e. The van der Waals surface area contributed by atoms with E-state index in [0.717, 1.165) is 17.1 Å². The van der Waals surface area contributed by atoms with Crippen molar-refractivity contribution in [1.29, 1.82) is 0 Å². The molecule has 176 valence electrons. The average molecular weight is 484 g/mol. The molecule has 8 heteroatoms. The van der Waals surface area contributed by atoms with E-state index in [9.17, 15) is 10.1 Å². The number of aromatic nitrogens is 2. The molecule has 2 aromatic carbocycles. The molecule has 1 aliphatic heterocycles. The first-order chi connectivity index (χ1) is 16.9. The van der Waals surface area contributed by atoms with Crippen molar-refractivity contribution in [2.24, 2.45) is 0 Å². The molecule has 1 fully saturated rings. The zero-order valence-electron chi connectivity index (χ0n) is 19.4. The number of pyridine rings is 1. The molecule has 1 saturated heterocycles. The molecule has 0 radical (unpaired) electrons. The first-order valence-corrected chi connectivity index (χ1v) is 11.9. The van der Waals surface area contributed by atoms with Crippen molar-refractivity contribution in [2.75, 3.05) is 4.90 Å². The number of hydrogen-bond donors (Lipinski definition) is 1. The fourth-order valence-corrected chi connectivity index (χ4v) is 4.93. The van der Waals surface area contributed by atoms with Crippen LogP contribution in [0, 0.1) is 10.1 Å². The summed E-state index contributed by atoms with van der Waals surface area (Å²) in [6.07, 6.45) is 3.70. The van der Waals surface area contributed by atoms with Crippen LogP contribution in [0.3, 0.4) is 0 Å². The normalized spacial score (nSPS) is 17.6. The standard InChI is InChI=1S/C27H25N5O2S/c1-18(2)19-11-13-20(14-12-19)31-26(25(29-27(31)35)23-9-3-4-15-28-23)24-10-6-16-30(24)21-7-5-8-22(17-21)32(33)34/h3-18,25-26H,1-2H3,(H,29,35)/t25-,26-/m0/s1. The summed E-state index contributed by atoms with van der Waals surface area (Å²) in [6.45, 7) is 4.34. The van der Waals surface area contributed by atoms with Gasteiger partial charge in [0.15, 0.2) is 5.11 Å². The highest BCUT2D eigenvalue weighted by Gasteiger charge is 2.42. The summed E-state index contributed by atoms with van der Waals surface area (Å²) in [6, 6.07) is 24.5. The van der Waals surface area contributed by atoms with Crippen LogP contribution in [0.5, 0.6) is 0 Å². The number of benzene rings is 2. The molecule has 35 heavy (non-hydrogen) atoms. The molecule has 0 aliphatic carbocycles. The Bertz CT molecular complexity index is 1370. The number of nitro groups is 1. The molecule has 1 aliphatic rings. The Morgan fingerprint density at radius 3 is 2.49 bits per heavy atom. The summed E-state index contributed by atoms with van der Waals surface area (Å²) >= 11 is 5.84. The highest BCUT2D eigenvalue weighted by Crippen LogP contribution is 2.42. The Morgan fingerprint density at radius 1 is 1.00 bits per heavy atom. The van der Waals surface area contributed by atoms with Crippen molar-refractivity contribution in [3.8, 4) is 5.69 Å². The zero-order valence-corrected chi connectivity index (χ0v) is 20.2. The zero-order chi connectivity index (χ0) is 24.5. The van der Waals surface area contributed by atoms with E-state index < -0.39 is 0 Å². The van der Waals surface area contributed by atoms with Crippen LogP contribution in [-0.4, -0.2) is 19.6 Å². The predicted octanol–water partition coefficient (Wildman–Crippen LogP) is 6.08. The largest absolute Gasteiger partial charge is 0.351 e. The fraction of sp³-hybridized carbons (Fsp3) is 0.185. The number of thiocarbonyl (C=S) groups is 1. The smallest absolute Gasteiger partial charge is 0.271 e. The number of rotatable bonds is 6. The molecular weight excluding hydrogens is 458 g/mol. The van der Waals surface area contributed by atoms with Crippen LogP contribution in [-0.2, 0) is 0 Å². The van der Waals surface area contributed by atoms with Crippen LogP contribution < -0.4 is 10.2 Å². The quantitative estimate of drug-likeness (QED) is 0.203. The topological polar surface area (TPSA) is 76.2 Å². The van der Waals surface area contributed by atoms with Crippen LogP contribution in [0.4, 0.5) is 11.4 Å². The van der Waals surface area contributed by atoms with E-state index in [1.165, 1.54) is 11.6 Å². The summed E-state index contributed by atoms with van der Waals surface area (Å²) in [7, 11) is 0. The first-order valence-electron chi connectivity index (χ1n) is 11.5. The lowest BCUT2D eigenvalue weighted by atomic mass is 9.99. The Morgan fingerprint density at radius 2 is 1.80 bits per heavy atom. The summed E-state index contributed by atoms with van der Waals surface area (Å²) in [4.78, 5) is 17.8. The van der Waals surface area contributed by atoms with E-state index in [1.807, 2.05) is 47.2 Å². The van der Waals surface area contributed by atoms with E-state index >= 15 is 0 Å². The molecule has 2 atom stereocenters.